The zero-order valence-electron chi connectivity index (χ0n) is 11.2. The lowest BCUT2D eigenvalue weighted by atomic mass is 10.0. The van der Waals surface area contributed by atoms with Gasteiger partial charge in [0.05, 0.1) is 29.5 Å². The molecule has 0 saturated carbocycles. The summed E-state index contributed by atoms with van der Waals surface area (Å²) < 4.78 is 6.52. The summed E-state index contributed by atoms with van der Waals surface area (Å²) in [6.45, 7) is 4.56. The minimum atomic E-state index is -0.0617. The molecule has 0 aliphatic carbocycles. The summed E-state index contributed by atoms with van der Waals surface area (Å²) in [7, 11) is 1.88. The van der Waals surface area contributed by atoms with Gasteiger partial charge >= 0.3 is 0 Å². The zero-order chi connectivity index (χ0) is 13.8. The summed E-state index contributed by atoms with van der Waals surface area (Å²) in [6.07, 6.45) is 0. The third kappa shape index (κ3) is 3.56. The second-order valence-electron chi connectivity index (χ2n) is 4.60. The second kappa shape index (κ2) is 6.83. The molecule has 6 heteroatoms. The Balaban J connectivity index is 2.02. The molecule has 0 bridgehead atoms. The van der Waals surface area contributed by atoms with Crippen LogP contribution in [0.2, 0.25) is 0 Å². The number of carbonyl (C=O) groups excluding carboxylic acids is 1. The first-order valence-electron chi connectivity index (χ1n) is 6.43. The Morgan fingerprint density at radius 3 is 2.95 bits per heavy atom. The maximum atomic E-state index is 12.6. The van der Waals surface area contributed by atoms with Crippen LogP contribution in [0, 0.1) is 5.92 Å². The average molecular weight is 347 g/mol. The van der Waals surface area contributed by atoms with E-state index in [1.807, 2.05) is 24.9 Å². The molecule has 106 valence electrons. The minimum Gasteiger partial charge on any atom is -0.379 e. The molecule has 0 spiro atoms. The number of carbonyl (C=O) groups is 1. The van der Waals surface area contributed by atoms with Crippen molar-refractivity contribution in [3.63, 3.8) is 0 Å². The van der Waals surface area contributed by atoms with Crippen molar-refractivity contribution in [1.82, 2.24) is 10.2 Å². The van der Waals surface area contributed by atoms with Gasteiger partial charge in [0.25, 0.3) is 0 Å². The second-order valence-corrected chi connectivity index (χ2v) is 7.14. The maximum Gasteiger partial charge on any atom is 0.230 e. The third-order valence-corrected chi connectivity index (χ3v) is 5.05. The number of likely N-dealkylation sites (N-methyl/N-ethyl adjacent to an activating group) is 1. The van der Waals surface area contributed by atoms with Crippen molar-refractivity contribution in [3.05, 3.63) is 20.8 Å². The van der Waals surface area contributed by atoms with Gasteiger partial charge in [-0.25, -0.2) is 0 Å². The van der Waals surface area contributed by atoms with E-state index >= 15 is 0 Å². The van der Waals surface area contributed by atoms with Gasteiger partial charge in [-0.05, 0) is 42.0 Å². The normalized spacial score (nSPS) is 22.7. The first kappa shape index (κ1) is 15.0. The van der Waals surface area contributed by atoms with Crippen LogP contribution in [0.3, 0.4) is 0 Å². The van der Waals surface area contributed by atoms with Crippen LogP contribution >= 0.6 is 27.3 Å². The molecule has 1 aromatic heterocycles. The number of ether oxygens (including phenoxy) is 1. The lowest BCUT2D eigenvalue weighted by molar-refractivity contribution is -0.136. The molecule has 4 nitrogen and oxygen atoms in total. The molecule has 1 aliphatic rings. The van der Waals surface area contributed by atoms with Crippen molar-refractivity contribution in [3.8, 4) is 0 Å². The fourth-order valence-corrected chi connectivity index (χ4v) is 3.79. The highest BCUT2D eigenvalue weighted by atomic mass is 79.9. The van der Waals surface area contributed by atoms with Crippen LogP contribution in [0.15, 0.2) is 15.9 Å². The Morgan fingerprint density at radius 2 is 2.37 bits per heavy atom. The average Bonchev–Trinajstić information content (AvgIpc) is 3.03. The van der Waals surface area contributed by atoms with E-state index in [0.29, 0.717) is 19.8 Å². The smallest absolute Gasteiger partial charge is 0.230 e. The van der Waals surface area contributed by atoms with Crippen LogP contribution in [-0.2, 0) is 16.1 Å². The molecular weight excluding hydrogens is 328 g/mol. The summed E-state index contributed by atoms with van der Waals surface area (Å²) in [6, 6.07) is 4.22. The van der Waals surface area contributed by atoms with Crippen LogP contribution in [0.4, 0.5) is 0 Å². The molecule has 1 aliphatic heterocycles. The lowest BCUT2D eigenvalue weighted by Gasteiger charge is -2.25. The van der Waals surface area contributed by atoms with Gasteiger partial charge in [0, 0.05) is 17.5 Å². The maximum absolute atomic E-state index is 12.6. The van der Waals surface area contributed by atoms with E-state index in [4.69, 9.17) is 4.74 Å². The van der Waals surface area contributed by atoms with Gasteiger partial charge in [-0.1, -0.05) is 0 Å². The zero-order valence-corrected chi connectivity index (χ0v) is 13.6. The van der Waals surface area contributed by atoms with Crippen LogP contribution < -0.4 is 5.32 Å². The lowest BCUT2D eigenvalue weighted by Crippen LogP contribution is -2.44. The number of nitrogens with zero attached hydrogens (tertiary/aromatic N) is 1. The van der Waals surface area contributed by atoms with E-state index < -0.39 is 0 Å². The number of thiophene rings is 1. The van der Waals surface area contributed by atoms with E-state index in [2.05, 4.69) is 27.3 Å². The summed E-state index contributed by atoms with van der Waals surface area (Å²) in [5.74, 6) is 0.122. The highest BCUT2D eigenvalue weighted by Gasteiger charge is 2.35. The predicted octanol–water partition coefficient (Wildman–Crippen LogP) is 2.09. The van der Waals surface area contributed by atoms with Crippen molar-refractivity contribution in [1.29, 1.82) is 0 Å². The molecule has 1 fully saturated rings. The van der Waals surface area contributed by atoms with Gasteiger partial charge < -0.3 is 15.0 Å². The van der Waals surface area contributed by atoms with Crippen LogP contribution in [0.5, 0.6) is 0 Å². The first-order chi connectivity index (χ1) is 9.15. The molecule has 2 unspecified atom stereocenters. The fraction of sp³-hybridized carbons (Fsp3) is 0.615. The van der Waals surface area contributed by atoms with Gasteiger partial charge in [0.1, 0.15) is 0 Å². The summed E-state index contributed by atoms with van der Waals surface area (Å²) in [5, 5.41) is 3.16. The molecule has 1 amide bonds. The highest BCUT2D eigenvalue weighted by Crippen LogP contribution is 2.24. The number of rotatable bonds is 5. The summed E-state index contributed by atoms with van der Waals surface area (Å²) in [4.78, 5) is 15.7. The molecule has 1 aromatic rings. The molecular formula is C13H19BrN2O2S. The van der Waals surface area contributed by atoms with Crippen LogP contribution in [-0.4, -0.2) is 43.7 Å². The Kier molecular flexibility index (Phi) is 5.38. The molecule has 1 N–H and O–H groups in total. The largest absolute Gasteiger partial charge is 0.379 e. The number of amides is 1. The molecule has 0 aromatic carbocycles. The van der Waals surface area contributed by atoms with Gasteiger partial charge in [-0.3, -0.25) is 4.79 Å². The van der Waals surface area contributed by atoms with Gasteiger partial charge in [-0.2, -0.15) is 0 Å². The minimum absolute atomic E-state index is 0.0617. The Morgan fingerprint density at radius 1 is 1.58 bits per heavy atom. The monoisotopic (exact) mass is 346 g/mol. The SMILES string of the molecule is CCN(Cc1ccc(Br)s1)C(=O)C1COCC1NC. The topological polar surface area (TPSA) is 41.6 Å². The van der Waals surface area contributed by atoms with E-state index in [9.17, 15) is 4.79 Å². The highest BCUT2D eigenvalue weighted by molar-refractivity contribution is 9.11. The van der Waals surface area contributed by atoms with E-state index in [-0.39, 0.29) is 17.9 Å². The molecule has 2 heterocycles. The predicted molar refractivity (Wildman–Crippen MR) is 80.3 cm³/mol. The molecule has 2 rings (SSSR count). The van der Waals surface area contributed by atoms with E-state index in [1.54, 1.807) is 11.3 Å². The van der Waals surface area contributed by atoms with Gasteiger partial charge in [0.2, 0.25) is 5.91 Å². The quantitative estimate of drug-likeness (QED) is 0.887. The Labute approximate surface area is 126 Å². The van der Waals surface area contributed by atoms with E-state index in [1.165, 1.54) is 4.88 Å². The van der Waals surface area contributed by atoms with Crippen LogP contribution in [0.25, 0.3) is 0 Å². The van der Waals surface area contributed by atoms with Crippen molar-refractivity contribution in [2.45, 2.75) is 19.5 Å². The number of nitrogens with one attached hydrogen (secondary N) is 1. The van der Waals surface area contributed by atoms with Crippen molar-refractivity contribution < 1.29 is 9.53 Å². The fourth-order valence-electron chi connectivity index (χ4n) is 2.29. The standard InChI is InChI=1S/C13H19BrN2O2S/c1-3-16(6-9-4-5-12(14)19-9)13(17)10-7-18-8-11(10)15-2/h4-5,10-11,15H,3,6-8H2,1-2H3. The van der Waals surface area contributed by atoms with Gasteiger partial charge in [-0.15, -0.1) is 11.3 Å². The number of halogens is 1. The Bertz CT molecular complexity index is 438. The summed E-state index contributed by atoms with van der Waals surface area (Å²) >= 11 is 5.13. The van der Waals surface area contributed by atoms with Crippen molar-refractivity contribution >= 4 is 33.2 Å². The van der Waals surface area contributed by atoms with Gasteiger partial charge in [0.15, 0.2) is 0 Å². The number of hydrogen-bond donors (Lipinski definition) is 1. The number of hydrogen-bond acceptors (Lipinski definition) is 4. The summed E-state index contributed by atoms with van der Waals surface area (Å²) in [5.41, 5.74) is 0. The molecule has 0 radical (unpaired) electrons. The molecule has 1 saturated heterocycles. The van der Waals surface area contributed by atoms with Crippen molar-refractivity contribution in [2.75, 3.05) is 26.8 Å². The van der Waals surface area contributed by atoms with Crippen LogP contribution in [0.1, 0.15) is 11.8 Å². The van der Waals surface area contributed by atoms with E-state index in [0.717, 1.165) is 10.3 Å². The first-order valence-corrected chi connectivity index (χ1v) is 8.04. The molecule has 19 heavy (non-hydrogen) atoms. The molecule has 2 atom stereocenters. The van der Waals surface area contributed by atoms with Crippen molar-refractivity contribution in [2.24, 2.45) is 5.92 Å². The Hall–Kier alpha value is -0.430. The third-order valence-electron chi connectivity index (χ3n) is 3.44.